The van der Waals surface area contributed by atoms with Crippen molar-refractivity contribution in [2.24, 2.45) is 17.6 Å². The molecule has 0 aliphatic rings. The minimum absolute atomic E-state index is 0.0576. The molecule has 0 aliphatic heterocycles. The van der Waals surface area contributed by atoms with Gasteiger partial charge < -0.3 is 31.9 Å². The van der Waals surface area contributed by atoms with Crippen molar-refractivity contribution in [3.8, 4) is 0 Å². The quantitative estimate of drug-likeness (QED) is 0.202. The van der Waals surface area contributed by atoms with Gasteiger partial charge >= 0.3 is 5.97 Å². The van der Waals surface area contributed by atoms with Crippen LogP contribution in [0.1, 0.15) is 40.5 Å². The average molecular weight is 449 g/mol. The SMILES string of the molecule is CSCCC(NC(=O)C(CC(C)C)NC(=O)C(N)CO)C(=O)NC(C(=O)O)C(C)C. The largest absolute Gasteiger partial charge is 0.480 e. The maximum absolute atomic E-state index is 12.8. The van der Waals surface area contributed by atoms with Crippen molar-refractivity contribution in [1.82, 2.24) is 16.0 Å². The molecule has 30 heavy (non-hydrogen) atoms. The Hall–Kier alpha value is -1.85. The Morgan fingerprint density at radius 1 is 0.933 bits per heavy atom. The number of thioether (sulfide) groups is 1. The first-order valence-electron chi connectivity index (χ1n) is 9.93. The number of amides is 3. The molecule has 0 aliphatic carbocycles. The molecule has 7 N–H and O–H groups in total. The van der Waals surface area contributed by atoms with Crippen LogP contribution in [0.2, 0.25) is 0 Å². The van der Waals surface area contributed by atoms with Gasteiger partial charge in [0.25, 0.3) is 0 Å². The molecule has 174 valence electrons. The third kappa shape index (κ3) is 10.3. The smallest absolute Gasteiger partial charge is 0.326 e. The zero-order valence-electron chi connectivity index (χ0n) is 18.3. The van der Waals surface area contributed by atoms with Crippen LogP contribution in [0.3, 0.4) is 0 Å². The zero-order chi connectivity index (χ0) is 23.4. The van der Waals surface area contributed by atoms with Gasteiger partial charge in [-0.3, -0.25) is 14.4 Å². The lowest BCUT2D eigenvalue weighted by Crippen LogP contribution is -2.58. The van der Waals surface area contributed by atoms with Crippen molar-refractivity contribution in [2.75, 3.05) is 18.6 Å². The molecular formula is C19H36N4O6S. The second-order valence-electron chi connectivity index (χ2n) is 7.89. The molecule has 0 saturated heterocycles. The number of aliphatic hydroxyl groups excluding tert-OH is 1. The Kier molecular flexibility index (Phi) is 13.3. The molecule has 0 bridgehead atoms. The summed E-state index contributed by atoms with van der Waals surface area (Å²) >= 11 is 1.48. The van der Waals surface area contributed by atoms with Gasteiger partial charge in [-0.2, -0.15) is 11.8 Å². The minimum atomic E-state index is -1.16. The maximum atomic E-state index is 12.8. The summed E-state index contributed by atoms with van der Waals surface area (Å²) in [6, 6.07) is -4.14. The van der Waals surface area contributed by atoms with E-state index < -0.39 is 54.5 Å². The predicted octanol–water partition coefficient (Wildman–Crippen LogP) is -0.700. The number of carboxylic acids is 1. The monoisotopic (exact) mass is 448 g/mol. The summed E-state index contributed by atoms with van der Waals surface area (Å²) in [6.07, 6.45) is 2.45. The molecule has 10 nitrogen and oxygen atoms in total. The lowest BCUT2D eigenvalue weighted by atomic mass is 10.0. The van der Waals surface area contributed by atoms with Gasteiger partial charge in [0.15, 0.2) is 0 Å². The van der Waals surface area contributed by atoms with E-state index in [0.717, 1.165) is 0 Å². The Balaban J connectivity index is 5.40. The molecule has 4 atom stereocenters. The Bertz CT molecular complexity index is 587. The fourth-order valence-electron chi connectivity index (χ4n) is 2.61. The highest BCUT2D eigenvalue weighted by molar-refractivity contribution is 7.98. The van der Waals surface area contributed by atoms with Crippen molar-refractivity contribution >= 4 is 35.5 Å². The van der Waals surface area contributed by atoms with E-state index in [1.165, 1.54) is 11.8 Å². The third-order valence-electron chi connectivity index (χ3n) is 4.35. The van der Waals surface area contributed by atoms with E-state index in [1.807, 2.05) is 20.1 Å². The number of aliphatic carboxylic acids is 1. The van der Waals surface area contributed by atoms with E-state index in [1.54, 1.807) is 13.8 Å². The maximum Gasteiger partial charge on any atom is 0.326 e. The van der Waals surface area contributed by atoms with Crippen LogP contribution in [0.25, 0.3) is 0 Å². The number of nitrogens with two attached hydrogens (primary N) is 1. The van der Waals surface area contributed by atoms with Crippen LogP contribution in [0.5, 0.6) is 0 Å². The van der Waals surface area contributed by atoms with Gasteiger partial charge in [-0.15, -0.1) is 0 Å². The van der Waals surface area contributed by atoms with Crippen molar-refractivity contribution in [3.05, 3.63) is 0 Å². The highest BCUT2D eigenvalue weighted by Gasteiger charge is 2.31. The van der Waals surface area contributed by atoms with E-state index in [0.29, 0.717) is 18.6 Å². The minimum Gasteiger partial charge on any atom is -0.480 e. The first-order chi connectivity index (χ1) is 13.9. The van der Waals surface area contributed by atoms with Crippen molar-refractivity contribution < 1.29 is 29.4 Å². The number of hydrogen-bond donors (Lipinski definition) is 6. The van der Waals surface area contributed by atoms with Gasteiger partial charge in [0.2, 0.25) is 17.7 Å². The van der Waals surface area contributed by atoms with Crippen molar-refractivity contribution in [2.45, 2.75) is 64.7 Å². The van der Waals surface area contributed by atoms with Gasteiger partial charge in [0.1, 0.15) is 24.2 Å². The fourth-order valence-corrected chi connectivity index (χ4v) is 3.08. The Morgan fingerprint density at radius 2 is 1.47 bits per heavy atom. The predicted molar refractivity (Wildman–Crippen MR) is 116 cm³/mol. The topological polar surface area (TPSA) is 171 Å². The van der Waals surface area contributed by atoms with Crippen LogP contribution in [0, 0.1) is 11.8 Å². The van der Waals surface area contributed by atoms with Gasteiger partial charge in [0.05, 0.1) is 6.61 Å². The molecule has 0 aromatic carbocycles. The van der Waals surface area contributed by atoms with Crippen LogP contribution in [0.15, 0.2) is 0 Å². The lowest BCUT2D eigenvalue weighted by molar-refractivity contribution is -0.143. The molecule has 0 aromatic rings. The Morgan fingerprint density at radius 3 is 1.90 bits per heavy atom. The summed E-state index contributed by atoms with van der Waals surface area (Å²) in [6.45, 7) is 6.53. The standard InChI is InChI=1S/C19H36N4O6S/c1-10(2)8-14(22-16(25)12(20)9-24)18(27)21-13(6-7-30-5)17(26)23-15(11(3)4)19(28)29/h10-15,24H,6-9,20H2,1-5H3,(H,21,27)(H,22,25)(H,23,26)(H,28,29). The van der Waals surface area contributed by atoms with E-state index in [2.05, 4.69) is 16.0 Å². The first kappa shape index (κ1) is 28.1. The molecule has 3 amide bonds. The molecule has 0 spiro atoms. The van der Waals surface area contributed by atoms with Crippen molar-refractivity contribution in [3.63, 3.8) is 0 Å². The lowest BCUT2D eigenvalue weighted by Gasteiger charge is -2.26. The van der Waals surface area contributed by atoms with Gasteiger partial charge in [-0.05, 0) is 36.7 Å². The van der Waals surface area contributed by atoms with Crippen molar-refractivity contribution in [1.29, 1.82) is 0 Å². The van der Waals surface area contributed by atoms with Crippen LogP contribution in [-0.2, 0) is 19.2 Å². The number of aliphatic hydroxyl groups is 1. The van der Waals surface area contributed by atoms with Crippen LogP contribution in [0.4, 0.5) is 0 Å². The number of rotatable bonds is 14. The van der Waals surface area contributed by atoms with E-state index >= 15 is 0 Å². The summed E-state index contributed by atoms with van der Waals surface area (Å²) in [5, 5.41) is 26.0. The molecular weight excluding hydrogens is 412 g/mol. The molecule has 0 fully saturated rings. The average Bonchev–Trinajstić information content (AvgIpc) is 2.66. The van der Waals surface area contributed by atoms with E-state index in [4.69, 9.17) is 10.8 Å². The number of carbonyl (C=O) groups excluding carboxylic acids is 3. The Labute approximate surface area is 182 Å². The molecule has 0 aromatic heterocycles. The molecule has 4 unspecified atom stereocenters. The van der Waals surface area contributed by atoms with Gasteiger partial charge in [-0.1, -0.05) is 27.7 Å². The first-order valence-corrected chi connectivity index (χ1v) is 11.3. The van der Waals surface area contributed by atoms with Gasteiger partial charge in [-0.25, -0.2) is 4.79 Å². The number of hydrogen-bond acceptors (Lipinski definition) is 7. The van der Waals surface area contributed by atoms with Crippen LogP contribution in [-0.4, -0.2) is 76.7 Å². The normalized spacial score (nSPS) is 15.2. The number of carboxylic acid groups (broad SMARTS) is 1. The molecule has 0 heterocycles. The van der Waals surface area contributed by atoms with Gasteiger partial charge in [0, 0.05) is 0 Å². The number of carbonyl (C=O) groups is 4. The number of nitrogens with one attached hydrogen (secondary N) is 3. The van der Waals surface area contributed by atoms with Crippen LogP contribution < -0.4 is 21.7 Å². The van der Waals surface area contributed by atoms with Crippen LogP contribution >= 0.6 is 11.8 Å². The summed E-state index contributed by atoms with van der Waals surface area (Å²) in [4.78, 5) is 48.9. The second kappa shape index (κ2) is 14.2. The summed E-state index contributed by atoms with van der Waals surface area (Å²) in [5.74, 6) is -2.71. The summed E-state index contributed by atoms with van der Waals surface area (Å²) < 4.78 is 0. The molecule has 0 radical (unpaired) electrons. The highest BCUT2D eigenvalue weighted by atomic mass is 32.2. The summed E-state index contributed by atoms with van der Waals surface area (Å²) in [5.41, 5.74) is 5.51. The van der Waals surface area contributed by atoms with E-state index in [9.17, 15) is 24.3 Å². The molecule has 11 heteroatoms. The highest BCUT2D eigenvalue weighted by Crippen LogP contribution is 2.09. The van der Waals surface area contributed by atoms with E-state index in [-0.39, 0.29) is 11.8 Å². The summed E-state index contributed by atoms with van der Waals surface area (Å²) in [7, 11) is 0. The molecule has 0 saturated carbocycles. The second-order valence-corrected chi connectivity index (χ2v) is 8.88. The molecule has 0 rings (SSSR count). The zero-order valence-corrected chi connectivity index (χ0v) is 19.1. The third-order valence-corrected chi connectivity index (χ3v) is 4.99. The fraction of sp³-hybridized carbons (Fsp3) is 0.789.